The largest absolute Gasteiger partial charge is 0.455 e. The highest BCUT2D eigenvalue weighted by molar-refractivity contribution is 6.24. The quantitative estimate of drug-likeness (QED) is 0.0690. The number of hydrogen-bond donors (Lipinski definition) is 4. The molecule has 6 amide bonds. The van der Waals surface area contributed by atoms with Gasteiger partial charge < -0.3 is 20.4 Å². The number of unbranched alkanes of at least 4 members (excludes halogenated alkanes) is 3. The Morgan fingerprint density at radius 3 is 2.56 bits per heavy atom. The first-order valence-corrected chi connectivity index (χ1v) is 16.6. The molecule has 0 aliphatic carbocycles. The van der Waals surface area contributed by atoms with Crippen LogP contribution in [0.4, 0.5) is 38.4 Å². The predicted molar refractivity (Wildman–Crippen MR) is 181 cm³/mol. The smallest absolute Gasteiger partial charge is 0.416 e. The average molecular weight is 752 g/mol. The number of hydrogen-bond acceptors (Lipinski definition) is 9. The molecule has 1 saturated heterocycles. The number of aryl methyl sites for hydroxylation is 1. The molecular formula is C36H30F5N7O6. The van der Waals surface area contributed by atoms with Crippen molar-refractivity contribution in [1.29, 1.82) is 0 Å². The number of alkyl halides is 3. The second kappa shape index (κ2) is 15.3. The Bertz CT molecular complexity index is 2230. The van der Waals surface area contributed by atoms with Gasteiger partial charge in [-0.2, -0.15) is 13.2 Å². The lowest BCUT2D eigenvalue weighted by Crippen LogP contribution is -2.54. The number of fused-ring (bicyclic) bond motifs is 2. The van der Waals surface area contributed by atoms with Crippen LogP contribution in [0.2, 0.25) is 0 Å². The Morgan fingerprint density at radius 2 is 1.83 bits per heavy atom. The molecule has 2 aliphatic heterocycles. The molecule has 54 heavy (non-hydrogen) atoms. The summed E-state index contributed by atoms with van der Waals surface area (Å²) in [6.07, 6.45) is 0.0251. The molecule has 2 aliphatic rings. The van der Waals surface area contributed by atoms with Crippen LogP contribution in [0.1, 0.15) is 82.2 Å². The molecule has 280 valence electrons. The number of urea groups is 1. The van der Waals surface area contributed by atoms with Crippen LogP contribution < -0.4 is 21.3 Å². The predicted octanol–water partition coefficient (Wildman–Crippen LogP) is 5.66. The molecule has 4 N–H and O–H groups in total. The van der Waals surface area contributed by atoms with Crippen LogP contribution >= 0.6 is 0 Å². The van der Waals surface area contributed by atoms with Gasteiger partial charge in [-0.25, -0.2) is 23.5 Å². The van der Waals surface area contributed by atoms with Crippen molar-refractivity contribution in [1.82, 2.24) is 25.5 Å². The van der Waals surface area contributed by atoms with E-state index in [-0.39, 0.29) is 46.6 Å². The fourth-order valence-corrected chi connectivity index (χ4v) is 6.11. The van der Waals surface area contributed by atoms with Gasteiger partial charge >= 0.3 is 12.2 Å². The molecule has 13 nitrogen and oxygen atoms in total. The van der Waals surface area contributed by atoms with Crippen LogP contribution in [-0.2, 0) is 9.59 Å². The van der Waals surface area contributed by atoms with E-state index in [9.17, 15) is 45.9 Å². The van der Waals surface area contributed by atoms with Crippen molar-refractivity contribution < 1.29 is 50.3 Å². The van der Waals surface area contributed by atoms with Gasteiger partial charge in [0.1, 0.15) is 17.6 Å². The number of rotatable bonds is 10. The first kappa shape index (κ1) is 37.4. The van der Waals surface area contributed by atoms with E-state index in [1.807, 2.05) is 0 Å². The lowest BCUT2D eigenvalue weighted by Gasteiger charge is -2.27. The van der Waals surface area contributed by atoms with E-state index in [4.69, 9.17) is 4.42 Å². The van der Waals surface area contributed by atoms with Crippen LogP contribution in [0.5, 0.6) is 0 Å². The number of nitrogens with zero attached hydrogens (tertiary/aromatic N) is 3. The van der Waals surface area contributed by atoms with E-state index >= 15 is 0 Å². The Labute approximate surface area is 303 Å². The summed E-state index contributed by atoms with van der Waals surface area (Å²) < 4.78 is 74.8. The van der Waals surface area contributed by atoms with Crippen molar-refractivity contribution >= 4 is 52.3 Å². The van der Waals surface area contributed by atoms with E-state index in [1.165, 1.54) is 25.4 Å². The van der Waals surface area contributed by atoms with Crippen LogP contribution in [-0.4, -0.2) is 63.3 Å². The number of nitrogens with one attached hydrogen (secondary N) is 4. The third-order valence-corrected chi connectivity index (χ3v) is 8.72. The highest BCUT2D eigenvalue weighted by atomic mass is 19.4. The zero-order valence-electron chi connectivity index (χ0n) is 28.3. The number of imide groups is 2. The number of piperidine rings is 1. The van der Waals surface area contributed by atoms with Crippen molar-refractivity contribution in [2.45, 2.75) is 63.7 Å². The minimum atomic E-state index is -5.05. The minimum Gasteiger partial charge on any atom is -0.455 e. The number of benzene rings is 2. The maximum atomic E-state index is 14.1. The summed E-state index contributed by atoms with van der Waals surface area (Å²) in [6, 6.07) is 1.03. The first-order chi connectivity index (χ1) is 25.7. The van der Waals surface area contributed by atoms with Gasteiger partial charge in [0, 0.05) is 42.0 Å². The zero-order valence-corrected chi connectivity index (χ0v) is 28.3. The van der Waals surface area contributed by atoms with Crippen LogP contribution in [0.25, 0.3) is 11.0 Å². The summed E-state index contributed by atoms with van der Waals surface area (Å²) in [5.41, 5.74) is -0.134. The van der Waals surface area contributed by atoms with Crippen LogP contribution in [0, 0.1) is 30.4 Å². The van der Waals surface area contributed by atoms with Gasteiger partial charge in [-0.1, -0.05) is 24.3 Å². The molecule has 1 unspecified atom stereocenters. The number of furan rings is 1. The summed E-state index contributed by atoms with van der Waals surface area (Å²) in [4.78, 5) is 71.5. The van der Waals surface area contributed by atoms with Gasteiger partial charge in [0.25, 0.3) is 11.8 Å². The zero-order chi connectivity index (χ0) is 38.7. The van der Waals surface area contributed by atoms with Crippen molar-refractivity contribution in [3.05, 3.63) is 82.4 Å². The summed E-state index contributed by atoms with van der Waals surface area (Å²) >= 11 is 0. The molecule has 2 aromatic carbocycles. The van der Waals surface area contributed by atoms with Crippen LogP contribution in [0.3, 0.4) is 0 Å². The van der Waals surface area contributed by atoms with Gasteiger partial charge in [0.05, 0.1) is 29.2 Å². The SMILES string of the molecule is Cc1c([C@@H](NC(=O)Nc2cnc(NCCCCCC#Cc3cccc4c3C(=O)N(C3CCC(=O)NC3=O)C4=O)nc2)C(F)(F)F)oc2c(F)cc(F)cc12. The van der Waals surface area contributed by atoms with Gasteiger partial charge in [0.15, 0.2) is 17.4 Å². The van der Waals surface area contributed by atoms with E-state index in [0.29, 0.717) is 37.4 Å². The molecule has 0 spiro atoms. The number of carbonyl (C=O) groups excluding carboxylic acids is 5. The average Bonchev–Trinajstić information content (AvgIpc) is 3.57. The molecule has 2 atom stereocenters. The molecule has 4 aromatic rings. The normalized spacial score (nSPS) is 16.1. The van der Waals surface area contributed by atoms with Crippen LogP contribution in [0.15, 0.2) is 47.1 Å². The molecule has 6 rings (SSSR count). The summed E-state index contributed by atoms with van der Waals surface area (Å²) in [5, 5.41) is 8.92. The molecule has 0 radical (unpaired) electrons. The van der Waals surface area contributed by atoms with E-state index in [1.54, 1.807) is 17.4 Å². The molecule has 4 heterocycles. The van der Waals surface area contributed by atoms with Crippen molar-refractivity contribution in [2.75, 3.05) is 17.2 Å². The second-order valence-electron chi connectivity index (χ2n) is 12.4. The minimum absolute atomic E-state index is 0.0191. The van der Waals surface area contributed by atoms with E-state index < -0.39 is 70.9 Å². The third kappa shape index (κ3) is 7.84. The summed E-state index contributed by atoms with van der Waals surface area (Å²) in [5.74, 6) is 0.796. The molecule has 18 heteroatoms. The van der Waals surface area contributed by atoms with Gasteiger partial charge in [-0.15, -0.1) is 0 Å². The highest BCUT2D eigenvalue weighted by Crippen LogP contribution is 2.39. The molecule has 2 aromatic heterocycles. The van der Waals surface area contributed by atoms with Crippen molar-refractivity contribution in [3.8, 4) is 11.8 Å². The lowest BCUT2D eigenvalue weighted by atomic mass is 10.0. The van der Waals surface area contributed by atoms with Gasteiger partial charge in [-0.3, -0.25) is 29.4 Å². The fraction of sp³-hybridized carbons (Fsp3) is 0.306. The first-order valence-electron chi connectivity index (χ1n) is 16.6. The fourth-order valence-electron chi connectivity index (χ4n) is 6.11. The summed E-state index contributed by atoms with van der Waals surface area (Å²) in [6.45, 7) is 1.66. The Morgan fingerprint density at radius 1 is 1.07 bits per heavy atom. The highest BCUT2D eigenvalue weighted by Gasteiger charge is 2.46. The topological polar surface area (TPSA) is 176 Å². The monoisotopic (exact) mass is 751 g/mol. The Balaban J connectivity index is 0.952. The number of anilines is 2. The lowest BCUT2D eigenvalue weighted by molar-refractivity contribution is -0.158. The Hall–Kier alpha value is -6.38. The molecule has 0 bridgehead atoms. The second-order valence-corrected chi connectivity index (χ2v) is 12.4. The van der Waals surface area contributed by atoms with Crippen molar-refractivity contribution in [3.63, 3.8) is 0 Å². The standard InChI is InChI=1S/C36H30F5N7O6/c1-18-23-14-20(37)15-24(38)29(23)54-28(18)30(36(39,40)41)47-35(53)45-21-16-43-34(44-17-21)42-13-6-4-2-3-5-8-19-9-7-10-22-27(19)33(52)48(32(22)51)25-11-12-26(49)46-31(25)50/h7,9-10,14-17,25,30H,2-4,6,11-13H2,1H3,(H,42,43,44)(H2,45,47,53)(H,46,49,50)/t25?,30-/m1/s1. The third-order valence-electron chi connectivity index (χ3n) is 8.72. The Kier molecular flexibility index (Phi) is 10.6. The number of halogens is 5. The molecule has 1 fully saturated rings. The van der Waals surface area contributed by atoms with E-state index in [2.05, 4.69) is 37.8 Å². The van der Waals surface area contributed by atoms with Crippen molar-refractivity contribution in [2.24, 2.45) is 0 Å². The van der Waals surface area contributed by atoms with Gasteiger partial charge in [0.2, 0.25) is 17.8 Å². The maximum absolute atomic E-state index is 14.1. The molecule has 0 saturated carbocycles. The maximum Gasteiger partial charge on any atom is 0.416 e. The number of carbonyl (C=O) groups is 5. The summed E-state index contributed by atoms with van der Waals surface area (Å²) in [7, 11) is 0. The van der Waals surface area contributed by atoms with Gasteiger partial charge in [-0.05, 0) is 44.4 Å². The van der Waals surface area contributed by atoms with E-state index in [0.717, 1.165) is 17.4 Å². The molecular weight excluding hydrogens is 721 g/mol. The number of amides is 6. The number of aromatic nitrogens is 2.